The van der Waals surface area contributed by atoms with Crippen LogP contribution in [0.15, 0.2) is 30.3 Å². The molecule has 0 spiro atoms. The lowest BCUT2D eigenvalue weighted by Gasteiger charge is -2.15. The summed E-state index contributed by atoms with van der Waals surface area (Å²) in [5, 5.41) is 22.6. The molecule has 0 bridgehead atoms. The lowest BCUT2D eigenvalue weighted by Crippen LogP contribution is -2.33. The van der Waals surface area contributed by atoms with Crippen LogP contribution >= 0.6 is 0 Å². The minimum atomic E-state index is -1.16. The molecule has 0 aliphatic carbocycles. The number of non-ortho nitro benzene ring substituents is 1. The summed E-state index contributed by atoms with van der Waals surface area (Å²) in [4.78, 5) is 25.2. The zero-order chi connectivity index (χ0) is 14.9. The van der Waals surface area contributed by atoms with Gasteiger partial charge in [0, 0.05) is 35.9 Å². The molecule has 2 aromatic rings. The van der Waals surface area contributed by atoms with E-state index in [0.29, 0.717) is 11.1 Å². The summed E-state index contributed by atoms with van der Waals surface area (Å²) in [6.45, 7) is 3.00. The Balaban J connectivity index is 2.50. The maximum Gasteiger partial charge on any atom is 0.295 e. The fourth-order valence-corrected chi connectivity index (χ4v) is 1.93. The lowest BCUT2D eigenvalue weighted by atomic mass is 9.98. The third-order valence-electron chi connectivity index (χ3n) is 3.06. The van der Waals surface area contributed by atoms with E-state index in [-0.39, 0.29) is 22.5 Å². The van der Waals surface area contributed by atoms with E-state index in [1.165, 1.54) is 19.9 Å². The van der Waals surface area contributed by atoms with Crippen molar-refractivity contribution < 1.29 is 9.85 Å². The van der Waals surface area contributed by atoms with Gasteiger partial charge in [0.15, 0.2) is 0 Å². The van der Waals surface area contributed by atoms with Crippen molar-refractivity contribution in [3.05, 3.63) is 56.3 Å². The van der Waals surface area contributed by atoms with Gasteiger partial charge in [0.2, 0.25) is 5.54 Å². The maximum atomic E-state index is 11.0. The Bertz CT molecular complexity index is 697. The average molecular weight is 275 g/mol. The van der Waals surface area contributed by atoms with Gasteiger partial charge >= 0.3 is 0 Å². The van der Waals surface area contributed by atoms with E-state index in [9.17, 15) is 20.2 Å². The van der Waals surface area contributed by atoms with Gasteiger partial charge in [0.1, 0.15) is 5.52 Å². The van der Waals surface area contributed by atoms with Crippen molar-refractivity contribution in [1.29, 1.82) is 0 Å². The Labute approximate surface area is 114 Å². The van der Waals surface area contributed by atoms with Crippen molar-refractivity contribution in [3.8, 4) is 0 Å². The van der Waals surface area contributed by atoms with E-state index in [1.807, 2.05) is 0 Å². The quantitative estimate of drug-likeness (QED) is 0.631. The third-order valence-corrected chi connectivity index (χ3v) is 3.06. The van der Waals surface area contributed by atoms with Gasteiger partial charge in [0.05, 0.1) is 11.3 Å². The summed E-state index contributed by atoms with van der Waals surface area (Å²) in [7, 11) is 0. The van der Waals surface area contributed by atoms with Crippen molar-refractivity contribution in [1.82, 2.24) is 4.98 Å². The van der Waals surface area contributed by atoms with Crippen molar-refractivity contribution in [2.45, 2.75) is 25.8 Å². The number of nitro benzene ring substituents is 1. The van der Waals surface area contributed by atoms with E-state index < -0.39 is 10.5 Å². The van der Waals surface area contributed by atoms with Gasteiger partial charge in [-0.15, -0.1) is 0 Å². The largest absolute Gasteiger partial charge is 0.295 e. The van der Waals surface area contributed by atoms with E-state index in [1.54, 1.807) is 24.3 Å². The average Bonchev–Trinajstić information content (AvgIpc) is 2.37. The van der Waals surface area contributed by atoms with Gasteiger partial charge in [-0.05, 0) is 6.07 Å². The Kier molecular flexibility index (Phi) is 3.35. The molecule has 0 aliphatic heterocycles. The highest BCUT2D eigenvalue weighted by molar-refractivity contribution is 5.87. The number of nitrogens with zero attached hydrogens (tertiary/aromatic N) is 3. The van der Waals surface area contributed by atoms with Crippen LogP contribution in [0, 0.1) is 20.2 Å². The Hall–Kier alpha value is -2.57. The summed E-state index contributed by atoms with van der Waals surface area (Å²) in [6, 6.07) is 8.04. The minimum Gasteiger partial charge on any atom is -0.264 e. The van der Waals surface area contributed by atoms with Crippen LogP contribution in [0.1, 0.15) is 19.5 Å². The summed E-state index contributed by atoms with van der Waals surface area (Å²) in [6.07, 6.45) is 0.113. The zero-order valence-corrected chi connectivity index (χ0v) is 11.1. The summed E-state index contributed by atoms with van der Waals surface area (Å²) in [5.74, 6) is 0. The van der Waals surface area contributed by atoms with Crippen LogP contribution in [0.25, 0.3) is 10.9 Å². The molecule has 0 saturated carbocycles. The second-order valence-electron chi connectivity index (χ2n) is 5.15. The second-order valence-corrected chi connectivity index (χ2v) is 5.15. The first kappa shape index (κ1) is 13.9. The number of aromatic nitrogens is 1. The molecule has 0 aliphatic rings. The van der Waals surface area contributed by atoms with Crippen LogP contribution in [0.3, 0.4) is 0 Å². The van der Waals surface area contributed by atoms with Crippen molar-refractivity contribution >= 4 is 16.6 Å². The highest BCUT2D eigenvalue weighted by atomic mass is 16.6. The number of hydrogen-bond donors (Lipinski definition) is 0. The Morgan fingerprint density at radius 3 is 2.45 bits per heavy atom. The summed E-state index contributed by atoms with van der Waals surface area (Å²) in [5.41, 5.74) is -0.532. The van der Waals surface area contributed by atoms with Crippen LogP contribution in [0.2, 0.25) is 0 Å². The molecule has 0 unspecified atom stereocenters. The molecular formula is C13H13N3O4. The van der Waals surface area contributed by atoms with Gasteiger partial charge in [-0.3, -0.25) is 20.2 Å². The number of pyridine rings is 1. The highest BCUT2D eigenvalue weighted by Crippen LogP contribution is 2.25. The van der Waals surface area contributed by atoms with Crippen molar-refractivity contribution in [2.24, 2.45) is 0 Å². The van der Waals surface area contributed by atoms with Crippen molar-refractivity contribution in [2.75, 3.05) is 0 Å². The van der Waals surface area contributed by atoms with Gasteiger partial charge in [-0.2, -0.15) is 0 Å². The van der Waals surface area contributed by atoms with Gasteiger partial charge < -0.3 is 0 Å². The monoisotopic (exact) mass is 275 g/mol. The molecule has 2 rings (SSSR count). The molecule has 7 nitrogen and oxygen atoms in total. The molecule has 7 heteroatoms. The maximum absolute atomic E-state index is 11.0. The summed E-state index contributed by atoms with van der Waals surface area (Å²) < 4.78 is 0. The Morgan fingerprint density at radius 2 is 1.85 bits per heavy atom. The molecular weight excluding hydrogens is 262 g/mol. The van der Waals surface area contributed by atoms with Crippen LogP contribution in [0.4, 0.5) is 5.69 Å². The Morgan fingerprint density at radius 1 is 1.15 bits per heavy atom. The summed E-state index contributed by atoms with van der Waals surface area (Å²) >= 11 is 0. The third kappa shape index (κ3) is 2.56. The molecule has 0 N–H and O–H groups in total. The molecule has 1 aromatic carbocycles. The first-order valence-electron chi connectivity index (χ1n) is 5.99. The first-order valence-corrected chi connectivity index (χ1v) is 5.99. The van der Waals surface area contributed by atoms with Crippen LogP contribution in [-0.2, 0) is 6.42 Å². The predicted molar refractivity (Wildman–Crippen MR) is 73.2 cm³/mol. The van der Waals surface area contributed by atoms with Gasteiger partial charge in [0.25, 0.3) is 5.69 Å². The molecule has 0 atom stereocenters. The standard InChI is InChI=1S/C13H13N3O4/c1-13(2,16(19)20)8-10-7-6-9-4-3-5-11(15(17)18)12(9)14-10/h3-7H,8H2,1-2H3. The van der Waals surface area contributed by atoms with Crippen LogP contribution in [0.5, 0.6) is 0 Å². The first-order chi connectivity index (χ1) is 9.31. The van der Waals surface area contributed by atoms with Gasteiger partial charge in [-0.1, -0.05) is 18.2 Å². The highest BCUT2D eigenvalue weighted by Gasteiger charge is 2.31. The zero-order valence-electron chi connectivity index (χ0n) is 11.1. The molecule has 104 valence electrons. The number of para-hydroxylation sites is 1. The molecule has 0 radical (unpaired) electrons. The normalized spacial score (nSPS) is 11.5. The van der Waals surface area contributed by atoms with E-state index in [4.69, 9.17) is 0 Å². The predicted octanol–water partition coefficient (Wildman–Crippen LogP) is 2.74. The molecule has 0 fully saturated rings. The van der Waals surface area contributed by atoms with E-state index in [2.05, 4.69) is 4.98 Å². The molecule has 1 aromatic heterocycles. The minimum absolute atomic E-state index is 0.0942. The van der Waals surface area contributed by atoms with Crippen molar-refractivity contribution in [3.63, 3.8) is 0 Å². The fourth-order valence-electron chi connectivity index (χ4n) is 1.93. The molecule has 20 heavy (non-hydrogen) atoms. The topological polar surface area (TPSA) is 99.2 Å². The number of nitro groups is 2. The number of rotatable bonds is 4. The molecule has 0 saturated heterocycles. The van der Waals surface area contributed by atoms with E-state index >= 15 is 0 Å². The smallest absolute Gasteiger partial charge is 0.264 e. The van der Waals surface area contributed by atoms with Crippen LogP contribution in [-0.4, -0.2) is 20.4 Å². The number of hydrogen-bond acceptors (Lipinski definition) is 5. The number of fused-ring (bicyclic) bond motifs is 1. The lowest BCUT2D eigenvalue weighted by molar-refractivity contribution is -0.560. The number of benzene rings is 1. The fraction of sp³-hybridized carbons (Fsp3) is 0.308. The van der Waals surface area contributed by atoms with E-state index in [0.717, 1.165) is 0 Å². The second kappa shape index (κ2) is 4.84. The van der Waals surface area contributed by atoms with Gasteiger partial charge in [-0.25, -0.2) is 4.98 Å². The molecule has 0 amide bonds. The van der Waals surface area contributed by atoms with Crippen LogP contribution < -0.4 is 0 Å². The molecule has 1 heterocycles. The SMILES string of the molecule is CC(C)(Cc1ccc2cccc([N+](=O)[O-])c2n1)[N+](=O)[O-].